The maximum Gasteiger partial charge on any atom is 0.326 e. The molecule has 0 radical (unpaired) electrons. The van der Waals surface area contributed by atoms with Gasteiger partial charge in [0.05, 0.1) is 7.11 Å². The van der Waals surface area contributed by atoms with Crippen molar-refractivity contribution in [3.05, 3.63) is 35.1 Å². The smallest absolute Gasteiger partial charge is 0.326 e. The Kier molecular flexibility index (Phi) is 2.88. The Bertz CT molecular complexity index is 527. The minimum Gasteiger partial charge on any atom is -0.468 e. The van der Waals surface area contributed by atoms with E-state index in [0.29, 0.717) is 0 Å². The third-order valence-corrected chi connectivity index (χ3v) is 3.15. The molecule has 1 aliphatic carbocycles. The molecule has 0 saturated heterocycles. The lowest BCUT2D eigenvalue weighted by Gasteiger charge is -2.22. The standard InChI is InChI=1S/C12H9F3O3/c1-18-11(17)12(10(14)15)5-7-6(9(12)16)3-2-4-8(7)13/h2-4,10H,5H2,1H3. The number of fused-ring (bicyclic) bond motifs is 1. The molecule has 1 unspecified atom stereocenters. The van der Waals surface area contributed by atoms with Gasteiger partial charge in [0.15, 0.2) is 11.2 Å². The number of hydrogen-bond donors (Lipinski definition) is 0. The van der Waals surface area contributed by atoms with Crippen molar-refractivity contribution < 1.29 is 27.5 Å². The average molecular weight is 258 g/mol. The van der Waals surface area contributed by atoms with Gasteiger partial charge in [0.2, 0.25) is 0 Å². The van der Waals surface area contributed by atoms with Gasteiger partial charge in [0.25, 0.3) is 6.43 Å². The Labute approximate surface area is 101 Å². The maximum absolute atomic E-state index is 13.5. The second-order valence-electron chi connectivity index (χ2n) is 4.04. The Balaban J connectivity index is 2.60. The molecule has 18 heavy (non-hydrogen) atoms. The van der Waals surface area contributed by atoms with Gasteiger partial charge in [0.1, 0.15) is 5.82 Å². The number of Topliss-reactive ketones (excluding diaryl/α,β-unsaturated/α-hetero) is 1. The van der Waals surface area contributed by atoms with Gasteiger partial charge in [-0.15, -0.1) is 0 Å². The summed E-state index contributed by atoms with van der Waals surface area (Å²) in [5, 5.41) is 0. The second kappa shape index (κ2) is 4.12. The molecule has 0 aromatic heterocycles. The normalized spacial score (nSPS) is 22.2. The fraction of sp³-hybridized carbons (Fsp3) is 0.333. The van der Waals surface area contributed by atoms with E-state index >= 15 is 0 Å². The number of hydrogen-bond acceptors (Lipinski definition) is 3. The predicted octanol–water partition coefficient (Wildman–Crippen LogP) is 1.99. The summed E-state index contributed by atoms with van der Waals surface area (Å²) in [6.45, 7) is 0. The Morgan fingerprint density at radius 3 is 2.61 bits per heavy atom. The fourth-order valence-electron chi connectivity index (χ4n) is 2.16. The Morgan fingerprint density at radius 1 is 1.44 bits per heavy atom. The van der Waals surface area contributed by atoms with Crippen molar-refractivity contribution in [1.29, 1.82) is 0 Å². The lowest BCUT2D eigenvalue weighted by atomic mass is 9.84. The number of benzene rings is 1. The van der Waals surface area contributed by atoms with E-state index in [4.69, 9.17) is 0 Å². The van der Waals surface area contributed by atoms with E-state index in [2.05, 4.69) is 4.74 Å². The van der Waals surface area contributed by atoms with Crippen molar-refractivity contribution in [2.24, 2.45) is 5.41 Å². The Hall–Kier alpha value is -1.85. The van der Waals surface area contributed by atoms with Crippen LogP contribution in [0.4, 0.5) is 13.2 Å². The summed E-state index contributed by atoms with van der Waals surface area (Å²) >= 11 is 0. The summed E-state index contributed by atoms with van der Waals surface area (Å²) in [6, 6.07) is 3.53. The summed E-state index contributed by atoms with van der Waals surface area (Å²) in [4.78, 5) is 23.5. The lowest BCUT2D eigenvalue weighted by molar-refractivity contribution is -0.157. The van der Waals surface area contributed by atoms with Crippen molar-refractivity contribution in [3.63, 3.8) is 0 Å². The zero-order valence-electron chi connectivity index (χ0n) is 9.38. The summed E-state index contributed by atoms with van der Waals surface area (Å²) in [5.41, 5.74) is -2.95. The number of alkyl halides is 2. The Morgan fingerprint density at radius 2 is 2.11 bits per heavy atom. The van der Waals surface area contributed by atoms with Crippen LogP contribution in [0.25, 0.3) is 0 Å². The molecule has 0 saturated carbocycles. The summed E-state index contributed by atoms with van der Waals surface area (Å²) in [5.74, 6) is -3.19. The zero-order valence-corrected chi connectivity index (χ0v) is 9.38. The van der Waals surface area contributed by atoms with E-state index in [1.807, 2.05) is 0 Å². The molecule has 0 N–H and O–H groups in total. The van der Waals surface area contributed by atoms with Gasteiger partial charge in [-0.05, 0) is 6.07 Å². The number of ketones is 1. The first kappa shape index (κ1) is 12.6. The highest BCUT2D eigenvalue weighted by atomic mass is 19.3. The molecular weight excluding hydrogens is 249 g/mol. The SMILES string of the molecule is COC(=O)C1(C(F)F)Cc2c(F)cccc2C1=O. The summed E-state index contributed by atoms with van der Waals surface area (Å²) in [6.07, 6.45) is -3.91. The molecule has 0 aliphatic heterocycles. The van der Waals surface area contributed by atoms with Crippen LogP contribution in [0.3, 0.4) is 0 Å². The van der Waals surface area contributed by atoms with E-state index in [9.17, 15) is 22.8 Å². The number of methoxy groups -OCH3 is 1. The number of carbonyl (C=O) groups excluding carboxylic acids is 2. The highest BCUT2D eigenvalue weighted by Gasteiger charge is 2.59. The molecule has 1 aliphatic rings. The maximum atomic E-state index is 13.5. The van der Waals surface area contributed by atoms with Gasteiger partial charge in [0, 0.05) is 17.5 Å². The van der Waals surface area contributed by atoms with Crippen molar-refractivity contribution >= 4 is 11.8 Å². The second-order valence-corrected chi connectivity index (χ2v) is 4.04. The number of halogens is 3. The summed E-state index contributed by atoms with van der Waals surface area (Å²) < 4.78 is 44.0. The highest BCUT2D eigenvalue weighted by Crippen LogP contribution is 2.43. The molecule has 1 aromatic rings. The van der Waals surface area contributed by atoms with E-state index in [0.717, 1.165) is 13.2 Å². The quantitative estimate of drug-likeness (QED) is 0.602. The molecule has 1 atom stereocenters. The monoisotopic (exact) mass is 258 g/mol. The van der Waals surface area contributed by atoms with Gasteiger partial charge in [-0.3, -0.25) is 9.59 Å². The first-order valence-corrected chi connectivity index (χ1v) is 5.14. The van der Waals surface area contributed by atoms with Crippen molar-refractivity contribution in [1.82, 2.24) is 0 Å². The third kappa shape index (κ3) is 1.45. The van der Waals surface area contributed by atoms with Crippen LogP contribution in [-0.4, -0.2) is 25.3 Å². The molecule has 0 spiro atoms. The van der Waals surface area contributed by atoms with Crippen molar-refractivity contribution in [2.45, 2.75) is 12.8 Å². The molecule has 0 heterocycles. The number of rotatable bonds is 2. The summed E-state index contributed by atoms with van der Waals surface area (Å²) in [7, 11) is 0.916. The fourth-order valence-corrected chi connectivity index (χ4v) is 2.16. The molecule has 0 bridgehead atoms. The van der Waals surface area contributed by atoms with Crippen LogP contribution in [0.2, 0.25) is 0 Å². The van der Waals surface area contributed by atoms with E-state index in [1.54, 1.807) is 0 Å². The van der Waals surface area contributed by atoms with Crippen LogP contribution in [0.15, 0.2) is 18.2 Å². The highest BCUT2D eigenvalue weighted by molar-refractivity contribution is 6.16. The topological polar surface area (TPSA) is 43.4 Å². The lowest BCUT2D eigenvalue weighted by Crippen LogP contribution is -2.44. The molecule has 0 fully saturated rings. The number of carbonyl (C=O) groups is 2. The van der Waals surface area contributed by atoms with E-state index in [-0.39, 0.29) is 11.1 Å². The van der Waals surface area contributed by atoms with Crippen LogP contribution in [0.1, 0.15) is 15.9 Å². The van der Waals surface area contributed by atoms with E-state index in [1.165, 1.54) is 12.1 Å². The van der Waals surface area contributed by atoms with Crippen LogP contribution in [-0.2, 0) is 16.0 Å². The zero-order chi connectivity index (χ0) is 13.5. The van der Waals surface area contributed by atoms with Gasteiger partial charge in [-0.25, -0.2) is 13.2 Å². The first-order valence-electron chi connectivity index (χ1n) is 5.14. The van der Waals surface area contributed by atoms with Gasteiger partial charge < -0.3 is 4.74 Å². The van der Waals surface area contributed by atoms with Crippen molar-refractivity contribution in [3.8, 4) is 0 Å². The predicted molar refractivity (Wildman–Crippen MR) is 54.9 cm³/mol. The number of ether oxygens (including phenoxy) is 1. The van der Waals surface area contributed by atoms with Crippen LogP contribution in [0.5, 0.6) is 0 Å². The van der Waals surface area contributed by atoms with Gasteiger partial charge >= 0.3 is 5.97 Å². The third-order valence-electron chi connectivity index (χ3n) is 3.15. The van der Waals surface area contributed by atoms with Crippen LogP contribution >= 0.6 is 0 Å². The van der Waals surface area contributed by atoms with Crippen LogP contribution < -0.4 is 0 Å². The average Bonchev–Trinajstić information content (AvgIpc) is 2.65. The molecular formula is C12H9F3O3. The molecule has 6 heteroatoms. The first-order chi connectivity index (χ1) is 8.45. The largest absolute Gasteiger partial charge is 0.468 e. The molecule has 96 valence electrons. The number of esters is 1. The van der Waals surface area contributed by atoms with Gasteiger partial charge in [-0.1, -0.05) is 12.1 Å². The molecule has 2 rings (SSSR count). The van der Waals surface area contributed by atoms with Crippen molar-refractivity contribution in [2.75, 3.05) is 7.11 Å². The molecule has 0 amide bonds. The van der Waals surface area contributed by atoms with E-state index < -0.39 is 35.8 Å². The molecule has 3 nitrogen and oxygen atoms in total. The van der Waals surface area contributed by atoms with Gasteiger partial charge in [-0.2, -0.15) is 0 Å². The minimum atomic E-state index is -3.25. The minimum absolute atomic E-state index is 0.159. The van der Waals surface area contributed by atoms with Crippen LogP contribution in [0, 0.1) is 11.2 Å². The molecule has 1 aromatic carbocycles.